The van der Waals surface area contributed by atoms with Crippen molar-refractivity contribution < 1.29 is 19.4 Å². The van der Waals surface area contributed by atoms with Crippen molar-refractivity contribution in [2.45, 2.75) is 13.0 Å². The van der Waals surface area contributed by atoms with Gasteiger partial charge >= 0.3 is 0 Å². The predicted molar refractivity (Wildman–Crippen MR) is 74.1 cm³/mol. The van der Waals surface area contributed by atoms with Crippen LogP contribution in [0.1, 0.15) is 22.8 Å². The fraction of sp³-hybridized carbons (Fsp3) is 0.125. The molecule has 0 aliphatic rings. The topological polar surface area (TPSA) is 63.6 Å². The fourth-order valence-electron chi connectivity index (χ4n) is 1.76. The lowest BCUT2D eigenvalue weighted by Crippen LogP contribution is -2.12. The molecule has 102 valence electrons. The standard InChI is InChI=1S/C16H14O4/c1-11(10-17)20-13-7-8-14(15(18)9-13)16(19)12-5-3-2-4-6-12/h2-11,18H,1H3. The van der Waals surface area contributed by atoms with Crippen molar-refractivity contribution in [2.24, 2.45) is 0 Å². The quantitative estimate of drug-likeness (QED) is 0.670. The Morgan fingerprint density at radius 1 is 1.20 bits per heavy atom. The molecule has 0 aromatic heterocycles. The fourth-order valence-corrected chi connectivity index (χ4v) is 1.76. The summed E-state index contributed by atoms with van der Waals surface area (Å²) in [7, 11) is 0. The van der Waals surface area contributed by atoms with Crippen LogP contribution in [0.5, 0.6) is 11.5 Å². The number of phenolic OH excluding ortho intramolecular Hbond substituents is 1. The van der Waals surface area contributed by atoms with Crippen LogP contribution in [0, 0.1) is 0 Å². The molecule has 1 unspecified atom stereocenters. The maximum Gasteiger partial charge on any atom is 0.196 e. The minimum atomic E-state index is -0.606. The molecule has 0 aliphatic carbocycles. The first-order chi connectivity index (χ1) is 9.61. The first-order valence-electron chi connectivity index (χ1n) is 6.16. The lowest BCUT2D eigenvalue weighted by Gasteiger charge is -2.10. The van der Waals surface area contributed by atoms with Crippen molar-refractivity contribution in [1.29, 1.82) is 0 Å². The molecule has 4 nitrogen and oxygen atoms in total. The molecule has 2 rings (SSSR count). The first-order valence-corrected chi connectivity index (χ1v) is 6.16. The summed E-state index contributed by atoms with van der Waals surface area (Å²) in [6.45, 7) is 1.59. The maximum atomic E-state index is 12.2. The molecule has 1 atom stereocenters. The van der Waals surface area contributed by atoms with Crippen LogP contribution >= 0.6 is 0 Å². The third kappa shape index (κ3) is 3.03. The van der Waals surface area contributed by atoms with Gasteiger partial charge in [-0.15, -0.1) is 0 Å². The van der Waals surface area contributed by atoms with Gasteiger partial charge in [0, 0.05) is 11.6 Å². The molecule has 0 heterocycles. The molecular weight excluding hydrogens is 256 g/mol. The van der Waals surface area contributed by atoms with Gasteiger partial charge in [-0.25, -0.2) is 0 Å². The Kier molecular flexibility index (Phi) is 4.15. The summed E-state index contributed by atoms with van der Waals surface area (Å²) >= 11 is 0. The van der Waals surface area contributed by atoms with E-state index in [0.29, 0.717) is 17.6 Å². The highest BCUT2D eigenvalue weighted by atomic mass is 16.5. The van der Waals surface area contributed by atoms with Crippen molar-refractivity contribution in [1.82, 2.24) is 0 Å². The van der Waals surface area contributed by atoms with E-state index < -0.39 is 6.10 Å². The van der Waals surface area contributed by atoms with Crippen LogP contribution in [0.3, 0.4) is 0 Å². The van der Waals surface area contributed by atoms with Gasteiger partial charge in [0.25, 0.3) is 0 Å². The van der Waals surface area contributed by atoms with Gasteiger partial charge < -0.3 is 9.84 Å². The van der Waals surface area contributed by atoms with Crippen LogP contribution in [-0.2, 0) is 4.79 Å². The first kappa shape index (κ1) is 13.8. The van der Waals surface area contributed by atoms with Crippen molar-refractivity contribution in [3.05, 3.63) is 59.7 Å². The number of rotatable bonds is 5. The summed E-state index contributed by atoms with van der Waals surface area (Å²) in [5.41, 5.74) is 0.694. The SMILES string of the molecule is CC(C=O)Oc1ccc(C(=O)c2ccccc2)c(O)c1. The molecule has 0 fully saturated rings. The van der Waals surface area contributed by atoms with E-state index in [1.165, 1.54) is 12.1 Å². The lowest BCUT2D eigenvalue weighted by atomic mass is 10.0. The van der Waals surface area contributed by atoms with E-state index in [4.69, 9.17) is 4.74 Å². The third-order valence-electron chi connectivity index (χ3n) is 2.76. The number of ether oxygens (including phenoxy) is 1. The summed E-state index contributed by atoms with van der Waals surface area (Å²) in [6, 6.07) is 13.1. The average molecular weight is 270 g/mol. The van der Waals surface area contributed by atoms with Gasteiger partial charge in [0.15, 0.2) is 18.2 Å². The number of hydrogen-bond donors (Lipinski definition) is 1. The molecule has 20 heavy (non-hydrogen) atoms. The average Bonchev–Trinajstić information content (AvgIpc) is 2.47. The van der Waals surface area contributed by atoms with E-state index >= 15 is 0 Å². The van der Waals surface area contributed by atoms with Crippen LogP contribution in [0.2, 0.25) is 0 Å². The predicted octanol–water partition coefficient (Wildman–Crippen LogP) is 2.59. The minimum absolute atomic E-state index is 0.172. The minimum Gasteiger partial charge on any atom is -0.507 e. The summed E-state index contributed by atoms with van der Waals surface area (Å²) in [5, 5.41) is 9.92. The number of ketones is 1. The Morgan fingerprint density at radius 2 is 1.90 bits per heavy atom. The maximum absolute atomic E-state index is 12.2. The number of phenols is 1. The summed E-state index contributed by atoms with van der Waals surface area (Å²) in [5.74, 6) is -0.0979. The summed E-state index contributed by atoms with van der Waals surface area (Å²) in [4.78, 5) is 22.7. The zero-order valence-corrected chi connectivity index (χ0v) is 10.9. The van der Waals surface area contributed by atoms with Crippen LogP contribution in [0.15, 0.2) is 48.5 Å². The van der Waals surface area contributed by atoms with Gasteiger partial charge in [-0.3, -0.25) is 9.59 Å². The normalized spacial score (nSPS) is 11.7. The smallest absolute Gasteiger partial charge is 0.196 e. The molecule has 1 N–H and O–H groups in total. The monoisotopic (exact) mass is 270 g/mol. The van der Waals surface area contributed by atoms with Gasteiger partial charge in [-0.05, 0) is 19.1 Å². The molecule has 0 saturated heterocycles. The molecule has 0 amide bonds. The van der Waals surface area contributed by atoms with Crippen LogP contribution in [-0.4, -0.2) is 23.3 Å². The highest BCUT2D eigenvalue weighted by molar-refractivity contribution is 6.10. The van der Waals surface area contributed by atoms with Gasteiger partial charge in [0.05, 0.1) is 5.56 Å². The molecule has 2 aromatic rings. The molecule has 0 saturated carbocycles. The molecule has 0 aliphatic heterocycles. The van der Waals surface area contributed by atoms with E-state index in [0.717, 1.165) is 0 Å². The largest absolute Gasteiger partial charge is 0.507 e. The van der Waals surface area contributed by atoms with E-state index in [9.17, 15) is 14.7 Å². The summed E-state index contributed by atoms with van der Waals surface area (Å²) in [6.07, 6.45) is 0.0464. The number of carbonyl (C=O) groups excluding carboxylic acids is 2. The van der Waals surface area contributed by atoms with E-state index in [1.54, 1.807) is 37.3 Å². The van der Waals surface area contributed by atoms with E-state index in [2.05, 4.69) is 0 Å². The second-order valence-corrected chi connectivity index (χ2v) is 4.33. The molecule has 0 spiro atoms. The zero-order valence-electron chi connectivity index (χ0n) is 10.9. The number of hydrogen-bond acceptors (Lipinski definition) is 4. The highest BCUT2D eigenvalue weighted by Gasteiger charge is 2.14. The second kappa shape index (κ2) is 6.02. The Bertz CT molecular complexity index is 620. The van der Waals surface area contributed by atoms with Crippen molar-refractivity contribution in [3.63, 3.8) is 0 Å². The zero-order chi connectivity index (χ0) is 14.5. The second-order valence-electron chi connectivity index (χ2n) is 4.33. The Balaban J connectivity index is 2.26. The molecular formula is C16H14O4. The Morgan fingerprint density at radius 3 is 2.50 bits per heavy atom. The van der Waals surface area contributed by atoms with Crippen LogP contribution in [0.4, 0.5) is 0 Å². The van der Waals surface area contributed by atoms with E-state index in [1.807, 2.05) is 6.07 Å². The number of aromatic hydroxyl groups is 1. The van der Waals surface area contributed by atoms with Crippen molar-refractivity contribution >= 4 is 12.1 Å². The lowest BCUT2D eigenvalue weighted by molar-refractivity contribution is -0.113. The van der Waals surface area contributed by atoms with Gasteiger partial charge in [0.2, 0.25) is 0 Å². The molecule has 4 heteroatoms. The van der Waals surface area contributed by atoms with Crippen LogP contribution in [0.25, 0.3) is 0 Å². The molecule has 2 aromatic carbocycles. The summed E-state index contributed by atoms with van der Waals surface area (Å²) < 4.78 is 5.25. The van der Waals surface area contributed by atoms with Gasteiger partial charge in [-0.2, -0.15) is 0 Å². The number of aldehydes is 1. The van der Waals surface area contributed by atoms with Crippen molar-refractivity contribution in [3.8, 4) is 11.5 Å². The number of carbonyl (C=O) groups is 2. The Labute approximate surface area is 116 Å². The van der Waals surface area contributed by atoms with Gasteiger partial charge in [0.1, 0.15) is 11.5 Å². The van der Waals surface area contributed by atoms with E-state index in [-0.39, 0.29) is 17.1 Å². The molecule has 0 bridgehead atoms. The molecule has 0 radical (unpaired) electrons. The third-order valence-corrected chi connectivity index (χ3v) is 2.76. The number of benzene rings is 2. The van der Waals surface area contributed by atoms with Crippen molar-refractivity contribution in [2.75, 3.05) is 0 Å². The van der Waals surface area contributed by atoms with Gasteiger partial charge in [-0.1, -0.05) is 30.3 Å². The van der Waals surface area contributed by atoms with Crippen LogP contribution < -0.4 is 4.74 Å². The Hall–Kier alpha value is -2.62. The highest BCUT2D eigenvalue weighted by Crippen LogP contribution is 2.26.